The van der Waals surface area contributed by atoms with Gasteiger partial charge >= 0.3 is 6.03 Å². The minimum Gasteiger partial charge on any atom is -0.370 e. The summed E-state index contributed by atoms with van der Waals surface area (Å²) in [6, 6.07) is 10.6. The number of nitrogens with one attached hydrogen (secondary N) is 1. The maximum Gasteiger partial charge on any atom is 0.317 e. The molecule has 1 unspecified atom stereocenters. The molecule has 1 saturated carbocycles. The molecule has 0 aromatic heterocycles. The highest BCUT2D eigenvalue weighted by Gasteiger charge is 2.34. The molecule has 1 saturated heterocycles. The van der Waals surface area contributed by atoms with Gasteiger partial charge in [-0.15, -0.1) is 0 Å². The predicted octanol–water partition coefficient (Wildman–Crippen LogP) is 2.30. The first-order valence-corrected chi connectivity index (χ1v) is 8.99. The summed E-state index contributed by atoms with van der Waals surface area (Å²) < 4.78 is 0. The molecule has 1 heterocycles. The molecule has 2 aliphatic rings. The zero-order valence-corrected chi connectivity index (χ0v) is 14.1. The number of urea groups is 1. The molecule has 1 aromatic carbocycles. The number of primary amides is 1. The number of likely N-dealkylation sites (tertiary alicyclic amines) is 1. The summed E-state index contributed by atoms with van der Waals surface area (Å²) in [5.74, 6) is 0.700. The number of benzene rings is 1. The van der Waals surface area contributed by atoms with E-state index in [-0.39, 0.29) is 18.0 Å². The fourth-order valence-corrected chi connectivity index (χ4v) is 3.58. The SMILES string of the molecule is NC(=O)CC1CCN(C(=O)NC(Cc2ccccc2)C2CC2)CC1. The Morgan fingerprint density at radius 3 is 2.38 bits per heavy atom. The van der Waals surface area contributed by atoms with Crippen LogP contribution in [0.3, 0.4) is 0 Å². The Bertz CT molecular complexity index is 563. The molecule has 1 aliphatic heterocycles. The van der Waals surface area contributed by atoms with Crippen LogP contribution in [-0.4, -0.2) is 36.0 Å². The van der Waals surface area contributed by atoms with Crippen molar-refractivity contribution in [2.75, 3.05) is 13.1 Å². The van der Waals surface area contributed by atoms with Crippen molar-refractivity contribution in [3.8, 4) is 0 Å². The van der Waals surface area contributed by atoms with Gasteiger partial charge in [0.15, 0.2) is 0 Å². The van der Waals surface area contributed by atoms with Crippen molar-refractivity contribution in [2.24, 2.45) is 17.6 Å². The third kappa shape index (κ3) is 4.73. The van der Waals surface area contributed by atoms with Crippen molar-refractivity contribution in [3.63, 3.8) is 0 Å². The molecule has 3 rings (SSSR count). The van der Waals surface area contributed by atoms with Gasteiger partial charge in [-0.2, -0.15) is 0 Å². The van der Waals surface area contributed by atoms with Crippen molar-refractivity contribution >= 4 is 11.9 Å². The predicted molar refractivity (Wildman–Crippen MR) is 93.3 cm³/mol. The summed E-state index contributed by atoms with van der Waals surface area (Å²) in [4.78, 5) is 25.5. The van der Waals surface area contributed by atoms with Gasteiger partial charge in [0.25, 0.3) is 0 Å². The van der Waals surface area contributed by atoms with Crippen molar-refractivity contribution in [1.82, 2.24) is 10.2 Å². The first-order valence-electron chi connectivity index (χ1n) is 8.99. The second kappa shape index (κ2) is 7.69. The van der Waals surface area contributed by atoms with Gasteiger partial charge in [-0.3, -0.25) is 4.79 Å². The number of nitrogens with zero attached hydrogens (tertiary/aromatic N) is 1. The highest BCUT2D eigenvalue weighted by Crippen LogP contribution is 2.34. The van der Waals surface area contributed by atoms with E-state index in [0.717, 1.165) is 19.3 Å². The van der Waals surface area contributed by atoms with Crippen LogP contribution in [0.4, 0.5) is 4.79 Å². The molecule has 1 atom stereocenters. The van der Waals surface area contributed by atoms with E-state index in [0.29, 0.717) is 31.3 Å². The van der Waals surface area contributed by atoms with Gasteiger partial charge in [0.05, 0.1) is 0 Å². The Hall–Kier alpha value is -2.04. The Kier molecular flexibility index (Phi) is 5.38. The standard InChI is InChI=1S/C19H27N3O2/c20-18(23)13-15-8-10-22(11-9-15)19(24)21-17(16-6-7-16)12-14-4-2-1-3-5-14/h1-5,15-17H,6-13H2,(H2,20,23)(H,21,24). The number of hydrogen-bond acceptors (Lipinski definition) is 2. The summed E-state index contributed by atoms with van der Waals surface area (Å²) in [6.45, 7) is 1.43. The molecule has 2 fully saturated rings. The first kappa shape index (κ1) is 16.8. The summed E-state index contributed by atoms with van der Waals surface area (Å²) in [7, 11) is 0. The maximum absolute atomic E-state index is 12.6. The van der Waals surface area contributed by atoms with Gasteiger partial charge in [-0.25, -0.2) is 4.79 Å². The van der Waals surface area contributed by atoms with Crippen LogP contribution in [-0.2, 0) is 11.2 Å². The number of hydrogen-bond donors (Lipinski definition) is 2. The highest BCUT2D eigenvalue weighted by atomic mass is 16.2. The Morgan fingerprint density at radius 1 is 1.12 bits per heavy atom. The van der Waals surface area contributed by atoms with E-state index in [9.17, 15) is 9.59 Å². The third-order valence-electron chi connectivity index (χ3n) is 5.19. The molecule has 3 N–H and O–H groups in total. The van der Waals surface area contributed by atoms with Crippen LogP contribution in [0.15, 0.2) is 30.3 Å². The van der Waals surface area contributed by atoms with Crippen LogP contribution in [0.25, 0.3) is 0 Å². The summed E-state index contributed by atoms with van der Waals surface area (Å²) in [6.07, 6.45) is 5.48. The number of piperidine rings is 1. The molecule has 0 spiro atoms. The molecule has 1 aromatic rings. The second-order valence-electron chi connectivity index (χ2n) is 7.18. The van der Waals surface area contributed by atoms with Gasteiger partial charge < -0.3 is 16.0 Å². The Morgan fingerprint density at radius 2 is 1.79 bits per heavy atom. The largest absolute Gasteiger partial charge is 0.370 e. The molecule has 5 heteroatoms. The quantitative estimate of drug-likeness (QED) is 0.840. The monoisotopic (exact) mass is 329 g/mol. The molecule has 5 nitrogen and oxygen atoms in total. The molecule has 1 aliphatic carbocycles. The average Bonchev–Trinajstić information content (AvgIpc) is 3.40. The van der Waals surface area contributed by atoms with Crippen LogP contribution in [0.5, 0.6) is 0 Å². The van der Waals surface area contributed by atoms with Gasteiger partial charge in [0, 0.05) is 25.6 Å². The third-order valence-corrected chi connectivity index (χ3v) is 5.19. The van der Waals surface area contributed by atoms with Crippen LogP contribution >= 0.6 is 0 Å². The topological polar surface area (TPSA) is 75.4 Å². The van der Waals surface area contributed by atoms with Crippen molar-refractivity contribution in [3.05, 3.63) is 35.9 Å². The lowest BCUT2D eigenvalue weighted by Crippen LogP contribution is -2.49. The van der Waals surface area contributed by atoms with Gasteiger partial charge in [-0.05, 0) is 49.5 Å². The zero-order valence-electron chi connectivity index (χ0n) is 14.1. The number of carbonyl (C=O) groups is 2. The second-order valence-corrected chi connectivity index (χ2v) is 7.18. The van der Waals surface area contributed by atoms with E-state index < -0.39 is 0 Å². The van der Waals surface area contributed by atoms with E-state index in [2.05, 4.69) is 17.4 Å². The highest BCUT2D eigenvalue weighted by molar-refractivity contribution is 5.75. The summed E-state index contributed by atoms with van der Waals surface area (Å²) in [5.41, 5.74) is 6.54. The molecule has 0 bridgehead atoms. The van der Waals surface area contributed by atoms with E-state index in [4.69, 9.17) is 5.73 Å². The molecule has 3 amide bonds. The molecular formula is C19H27N3O2. The van der Waals surface area contributed by atoms with Crippen LogP contribution in [0.2, 0.25) is 0 Å². The number of nitrogens with two attached hydrogens (primary N) is 1. The van der Waals surface area contributed by atoms with E-state index in [1.54, 1.807) is 0 Å². The molecule has 0 radical (unpaired) electrons. The minimum absolute atomic E-state index is 0.0420. The van der Waals surface area contributed by atoms with E-state index in [1.165, 1.54) is 18.4 Å². The van der Waals surface area contributed by atoms with Gasteiger partial charge in [0.2, 0.25) is 5.91 Å². The maximum atomic E-state index is 12.6. The zero-order chi connectivity index (χ0) is 16.9. The van der Waals surface area contributed by atoms with Gasteiger partial charge in [-0.1, -0.05) is 30.3 Å². The number of carbonyl (C=O) groups excluding carboxylic acids is 2. The fourth-order valence-electron chi connectivity index (χ4n) is 3.58. The lowest BCUT2D eigenvalue weighted by molar-refractivity contribution is -0.119. The summed E-state index contributed by atoms with van der Waals surface area (Å²) >= 11 is 0. The van der Waals surface area contributed by atoms with Crippen LogP contribution < -0.4 is 11.1 Å². The van der Waals surface area contributed by atoms with Crippen molar-refractivity contribution in [1.29, 1.82) is 0 Å². The Balaban J connectivity index is 1.50. The Labute approximate surface area is 143 Å². The van der Waals surface area contributed by atoms with E-state index >= 15 is 0 Å². The van der Waals surface area contributed by atoms with Crippen LogP contribution in [0, 0.1) is 11.8 Å². The minimum atomic E-state index is -0.241. The van der Waals surface area contributed by atoms with Crippen LogP contribution in [0.1, 0.15) is 37.7 Å². The average molecular weight is 329 g/mol. The number of amides is 3. The first-order chi connectivity index (χ1) is 11.6. The molecular weight excluding hydrogens is 302 g/mol. The van der Waals surface area contributed by atoms with Gasteiger partial charge in [0.1, 0.15) is 0 Å². The van der Waals surface area contributed by atoms with Crippen molar-refractivity contribution < 1.29 is 9.59 Å². The molecule has 24 heavy (non-hydrogen) atoms. The smallest absolute Gasteiger partial charge is 0.317 e. The fraction of sp³-hybridized carbons (Fsp3) is 0.579. The lowest BCUT2D eigenvalue weighted by atomic mass is 9.93. The summed E-state index contributed by atoms with van der Waals surface area (Å²) in [5, 5.41) is 3.25. The normalized spacial score (nSPS) is 19.8. The molecule has 130 valence electrons. The number of rotatable bonds is 6. The van der Waals surface area contributed by atoms with Crippen molar-refractivity contribution in [2.45, 2.75) is 44.6 Å². The lowest BCUT2D eigenvalue weighted by Gasteiger charge is -2.33. The van der Waals surface area contributed by atoms with E-state index in [1.807, 2.05) is 23.1 Å².